The topological polar surface area (TPSA) is 29.1 Å². The molecule has 0 saturated heterocycles. The molecule has 0 aliphatic carbocycles. The van der Waals surface area contributed by atoms with Crippen LogP contribution in [0.3, 0.4) is 0 Å². The molecule has 0 saturated carbocycles. The fraction of sp³-hybridized carbons (Fsp3) is 0.500. The molecule has 1 N–H and O–H groups in total. The van der Waals surface area contributed by atoms with Gasteiger partial charge in [-0.25, -0.2) is 0 Å². The Morgan fingerprint density at radius 3 is 2.59 bits per heavy atom. The van der Waals surface area contributed by atoms with Crippen molar-refractivity contribution < 1.29 is 4.79 Å². The summed E-state index contributed by atoms with van der Waals surface area (Å²) >= 11 is 3.54. The number of carbonyl (C=O) groups is 1. The Bertz CT molecular complexity index is 376. The number of benzene rings is 1. The van der Waals surface area contributed by atoms with E-state index in [4.69, 9.17) is 0 Å². The van der Waals surface area contributed by atoms with Crippen molar-refractivity contribution in [3.05, 3.63) is 29.8 Å². The molecule has 1 aromatic rings. The lowest BCUT2D eigenvalue weighted by atomic mass is 10.0. The average Bonchev–Trinajstić information content (AvgIpc) is 2.29. The molecule has 0 aromatic heterocycles. The summed E-state index contributed by atoms with van der Waals surface area (Å²) in [5.41, 5.74) is 2.02. The number of para-hydroxylation sites is 1. The maximum absolute atomic E-state index is 11.8. The molecular weight excluding hydrogens is 278 g/mol. The van der Waals surface area contributed by atoms with Crippen molar-refractivity contribution >= 4 is 27.5 Å². The quantitative estimate of drug-likeness (QED) is 0.796. The molecule has 0 heterocycles. The summed E-state index contributed by atoms with van der Waals surface area (Å²) in [6.07, 6.45) is 1.62. The second-order valence-electron chi connectivity index (χ2n) is 4.47. The Labute approximate surface area is 112 Å². The first kappa shape index (κ1) is 14.2. The number of rotatable bonds is 5. The first-order chi connectivity index (χ1) is 8.04. The first-order valence-corrected chi connectivity index (χ1v) is 6.99. The van der Waals surface area contributed by atoms with Gasteiger partial charge < -0.3 is 5.32 Å². The molecule has 0 radical (unpaired) electrons. The number of nitrogens with one attached hydrogen (secondary N) is 1. The van der Waals surface area contributed by atoms with Gasteiger partial charge in [0.05, 0.1) is 0 Å². The molecule has 0 spiro atoms. The van der Waals surface area contributed by atoms with Gasteiger partial charge in [0.2, 0.25) is 5.91 Å². The van der Waals surface area contributed by atoms with E-state index in [1.165, 1.54) is 0 Å². The van der Waals surface area contributed by atoms with Crippen LogP contribution in [0.15, 0.2) is 24.3 Å². The van der Waals surface area contributed by atoms with E-state index in [-0.39, 0.29) is 10.7 Å². The summed E-state index contributed by atoms with van der Waals surface area (Å²) in [4.78, 5) is 12.1. The van der Waals surface area contributed by atoms with E-state index in [0.717, 1.165) is 17.7 Å². The predicted molar refractivity (Wildman–Crippen MR) is 76.5 cm³/mol. The summed E-state index contributed by atoms with van der Waals surface area (Å²) in [5.74, 6) is 0.531. The van der Waals surface area contributed by atoms with E-state index < -0.39 is 0 Å². The number of carbonyl (C=O) groups excluding carboxylic acids is 1. The highest BCUT2D eigenvalue weighted by molar-refractivity contribution is 9.09. The van der Waals surface area contributed by atoms with E-state index >= 15 is 0 Å². The Hall–Kier alpha value is -0.830. The number of hydrogen-bond donors (Lipinski definition) is 1. The molecule has 1 aromatic carbocycles. The van der Waals surface area contributed by atoms with Crippen LogP contribution in [-0.4, -0.2) is 5.91 Å². The molecular formula is C14H20BrNO. The molecule has 2 atom stereocenters. The highest BCUT2D eigenvalue weighted by Gasteiger charge is 2.11. The molecule has 1 amide bonds. The van der Waals surface area contributed by atoms with E-state index in [2.05, 4.69) is 42.0 Å². The van der Waals surface area contributed by atoms with Crippen molar-refractivity contribution in [3.63, 3.8) is 0 Å². The smallest absolute Gasteiger partial charge is 0.224 e. The van der Waals surface area contributed by atoms with Crippen LogP contribution in [0.4, 0.5) is 5.69 Å². The molecule has 2 nitrogen and oxygen atoms in total. The largest absolute Gasteiger partial charge is 0.326 e. The average molecular weight is 298 g/mol. The lowest BCUT2D eigenvalue weighted by molar-refractivity contribution is -0.117. The normalized spacial score (nSPS) is 14.1. The van der Waals surface area contributed by atoms with Crippen molar-refractivity contribution in [2.75, 3.05) is 5.32 Å². The second kappa shape index (κ2) is 6.80. The third-order valence-corrected chi connectivity index (χ3v) is 3.39. The van der Waals surface area contributed by atoms with Crippen LogP contribution in [-0.2, 0) is 4.79 Å². The van der Waals surface area contributed by atoms with Gasteiger partial charge in [-0.15, -0.1) is 0 Å². The van der Waals surface area contributed by atoms with E-state index in [9.17, 15) is 4.79 Å². The Kier molecular flexibility index (Phi) is 5.69. The van der Waals surface area contributed by atoms with Crippen LogP contribution >= 0.6 is 15.9 Å². The van der Waals surface area contributed by atoms with Gasteiger partial charge >= 0.3 is 0 Å². The summed E-state index contributed by atoms with van der Waals surface area (Å²) in [6, 6.07) is 7.90. The van der Waals surface area contributed by atoms with E-state index in [1.807, 2.05) is 24.3 Å². The molecule has 1 rings (SSSR count). The summed E-state index contributed by atoms with van der Waals surface area (Å²) in [5, 5.41) is 2.99. The van der Waals surface area contributed by atoms with Crippen molar-refractivity contribution in [2.45, 2.75) is 38.4 Å². The number of halogens is 1. The summed E-state index contributed by atoms with van der Waals surface area (Å²) in [6.45, 7) is 6.25. The van der Waals surface area contributed by atoms with E-state index in [1.54, 1.807) is 0 Å². The van der Waals surface area contributed by atoms with Crippen LogP contribution in [0, 0.1) is 5.92 Å². The second-order valence-corrected chi connectivity index (χ2v) is 5.84. The molecule has 17 heavy (non-hydrogen) atoms. The lowest BCUT2D eigenvalue weighted by Crippen LogP contribution is -2.15. The maximum Gasteiger partial charge on any atom is 0.224 e. The van der Waals surface area contributed by atoms with Crippen LogP contribution in [0.25, 0.3) is 0 Å². The lowest BCUT2D eigenvalue weighted by Gasteiger charge is -2.14. The first-order valence-electron chi connectivity index (χ1n) is 6.07. The van der Waals surface area contributed by atoms with Crippen molar-refractivity contribution in [1.82, 2.24) is 0 Å². The van der Waals surface area contributed by atoms with Gasteiger partial charge in [-0.05, 0) is 24.5 Å². The molecule has 0 bridgehead atoms. The minimum Gasteiger partial charge on any atom is -0.326 e. The number of alkyl halides is 1. The van der Waals surface area contributed by atoms with Crippen LogP contribution < -0.4 is 5.32 Å². The van der Waals surface area contributed by atoms with Gasteiger partial charge in [0, 0.05) is 16.9 Å². The number of amides is 1. The van der Waals surface area contributed by atoms with Crippen molar-refractivity contribution in [3.8, 4) is 0 Å². The summed E-state index contributed by atoms with van der Waals surface area (Å²) < 4.78 is 0. The third kappa shape index (κ3) is 4.50. The predicted octanol–water partition coefficient (Wildman–Crippen LogP) is 4.52. The molecule has 2 unspecified atom stereocenters. The van der Waals surface area contributed by atoms with Crippen LogP contribution in [0.1, 0.15) is 44.0 Å². The van der Waals surface area contributed by atoms with Gasteiger partial charge in [0.1, 0.15) is 0 Å². The Morgan fingerprint density at radius 2 is 2.00 bits per heavy atom. The molecule has 3 heteroatoms. The molecule has 94 valence electrons. The third-order valence-electron chi connectivity index (χ3n) is 2.89. The van der Waals surface area contributed by atoms with Gasteiger partial charge in [-0.2, -0.15) is 0 Å². The standard InChI is InChI=1S/C14H20BrNO/c1-4-10(2)9-14(17)16-13-8-6-5-7-12(13)11(3)15/h5-8,10-11H,4,9H2,1-3H3,(H,16,17). The van der Waals surface area contributed by atoms with Crippen molar-refractivity contribution in [1.29, 1.82) is 0 Å². The van der Waals surface area contributed by atoms with Gasteiger partial charge in [-0.3, -0.25) is 4.79 Å². The highest BCUT2D eigenvalue weighted by Crippen LogP contribution is 2.28. The molecule has 0 aliphatic rings. The zero-order chi connectivity index (χ0) is 12.8. The number of hydrogen-bond acceptors (Lipinski definition) is 1. The molecule has 0 aliphatic heterocycles. The monoisotopic (exact) mass is 297 g/mol. The molecule has 0 fully saturated rings. The maximum atomic E-state index is 11.8. The van der Waals surface area contributed by atoms with E-state index in [0.29, 0.717) is 12.3 Å². The zero-order valence-corrected chi connectivity index (χ0v) is 12.3. The minimum absolute atomic E-state index is 0.0972. The number of anilines is 1. The van der Waals surface area contributed by atoms with Crippen LogP contribution in [0.2, 0.25) is 0 Å². The van der Waals surface area contributed by atoms with Crippen molar-refractivity contribution in [2.24, 2.45) is 5.92 Å². The van der Waals surface area contributed by atoms with Gasteiger partial charge in [-0.1, -0.05) is 54.4 Å². The fourth-order valence-corrected chi connectivity index (χ4v) is 2.02. The zero-order valence-electron chi connectivity index (χ0n) is 10.7. The Balaban J connectivity index is 2.71. The highest BCUT2D eigenvalue weighted by atomic mass is 79.9. The van der Waals surface area contributed by atoms with Gasteiger partial charge in [0.25, 0.3) is 0 Å². The Morgan fingerprint density at radius 1 is 1.35 bits per heavy atom. The SMILES string of the molecule is CCC(C)CC(=O)Nc1ccccc1C(C)Br. The van der Waals surface area contributed by atoms with Crippen LogP contribution in [0.5, 0.6) is 0 Å². The minimum atomic E-state index is 0.0972. The van der Waals surface area contributed by atoms with Gasteiger partial charge in [0.15, 0.2) is 0 Å². The fourth-order valence-electron chi connectivity index (χ4n) is 1.62. The summed E-state index contributed by atoms with van der Waals surface area (Å²) in [7, 11) is 0.